The second kappa shape index (κ2) is 23.9. The van der Waals surface area contributed by atoms with Gasteiger partial charge < -0.3 is 20.9 Å². The van der Waals surface area contributed by atoms with Crippen molar-refractivity contribution in [3.8, 4) is 0 Å². The summed E-state index contributed by atoms with van der Waals surface area (Å²) in [6.07, 6.45) is 39.4. The van der Waals surface area contributed by atoms with Crippen LogP contribution < -0.4 is 11.5 Å². The molecule has 3 unspecified atom stereocenters. The number of benzene rings is 1. The molecule has 5 nitrogen and oxygen atoms in total. The monoisotopic (exact) mass is 791 g/mol. The minimum absolute atomic E-state index is 0.0421. The number of rotatable bonds is 27. The van der Waals surface area contributed by atoms with Gasteiger partial charge in [-0.2, -0.15) is 0 Å². The molecule has 5 rings (SSSR count). The van der Waals surface area contributed by atoms with E-state index in [1.54, 1.807) is 0 Å². The molecule has 0 heterocycles. The summed E-state index contributed by atoms with van der Waals surface area (Å²) in [7, 11) is 0. The molecule has 1 aromatic carbocycles. The number of unbranched alkanes of at least 4 members (excludes halogenated alkanes) is 16. The van der Waals surface area contributed by atoms with Crippen molar-refractivity contribution in [2.24, 2.45) is 46.3 Å². The Morgan fingerprint density at radius 2 is 1.26 bits per heavy atom. The standard InChI is InChI=1S/C52H90N2O3/c1-5-6-7-8-9-10-11-12-13-14-15-16-17-18-19-21-35-57-50(55)29-24-40(2)47-27-28-48-46-26-25-42-38-45(30-32-51(42,3)49(46)31-33-52(47,48)4)56-34-22-20-23-41-36-43(53)39-44(54)37-41/h36-37,39-40,42,45-49H,5-35,38,53-54H2,1-4H3/t40?,42?,45?,46-,47+,48-,49-,51-,52+/m0/s1. The summed E-state index contributed by atoms with van der Waals surface area (Å²) in [4.78, 5) is 12.8. The average Bonchev–Trinajstić information content (AvgIpc) is 3.55. The summed E-state index contributed by atoms with van der Waals surface area (Å²) in [5, 5.41) is 0. The summed E-state index contributed by atoms with van der Waals surface area (Å²) in [5.41, 5.74) is 15.7. The fourth-order valence-electron chi connectivity index (χ4n) is 13.4. The Morgan fingerprint density at radius 3 is 1.91 bits per heavy atom. The van der Waals surface area contributed by atoms with Crippen LogP contribution in [-0.2, 0) is 20.7 Å². The second-order valence-corrected chi connectivity index (χ2v) is 20.7. The Kier molecular flexibility index (Phi) is 19.4. The number of nitrogen functional groups attached to an aromatic ring is 2. The molecule has 0 aliphatic heterocycles. The van der Waals surface area contributed by atoms with Gasteiger partial charge in [-0.05, 0) is 160 Å². The van der Waals surface area contributed by atoms with Crippen molar-refractivity contribution in [2.75, 3.05) is 24.7 Å². The highest BCUT2D eigenvalue weighted by molar-refractivity contribution is 5.69. The molecule has 0 radical (unpaired) electrons. The summed E-state index contributed by atoms with van der Waals surface area (Å²) in [6, 6.07) is 5.94. The van der Waals surface area contributed by atoms with Gasteiger partial charge in [-0.3, -0.25) is 4.79 Å². The zero-order valence-electron chi connectivity index (χ0n) is 37.8. The number of carbonyl (C=O) groups is 1. The number of nitrogens with two attached hydrogens (primary N) is 2. The fourth-order valence-corrected chi connectivity index (χ4v) is 13.4. The normalized spacial score (nSPS) is 30.0. The highest BCUT2D eigenvalue weighted by Crippen LogP contribution is 2.68. The maximum Gasteiger partial charge on any atom is 0.305 e. The van der Waals surface area contributed by atoms with Crippen LogP contribution in [0.3, 0.4) is 0 Å². The minimum Gasteiger partial charge on any atom is -0.466 e. The lowest BCUT2D eigenvalue weighted by atomic mass is 9.44. The molecule has 0 bridgehead atoms. The van der Waals surface area contributed by atoms with Crippen LogP contribution in [-0.4, -0.2) is 25.3 Å². The lowest BCUT2D eigenvalue weighted by Crippen LogP contribution is -2.54. The SMILES string of the molecule is CCCCCCCCCCCCCCCCCCOC(=O)CCC(C)[C@H]1CC[C@H]2[C@@H]3CCC4CC(OCCCCc5cc(N)cc(N)c5)CC[C@]4(C)[C@H]3CC[C@]12C. The molecule has 57 heavy (non-hydrogen) atoms. The second-order valence-electron chi connectivity index (χ2n) is 20.7. The van der Waals surface area contributed by atoms with Crippen molar-refractivity contribution in [1.29, 1.82) is 0 Å². The molecule has 9 atom stereocenters. The molecule has 326 valence electrons. The van der Waals surface area contributed by atoms with Gasteiger partial charge in [0.05, 0.1) is 12.7 Å². The molecular weight excluding hydrogens is 701 g/mol. The molecule has 0 spiro atoms. The summed E-state index contributed by atoms with van der Waals surface area (Å²) >= 11 is 0. The fraction of sp³-hybridized carbons (Fsp3) is 0.865. The average molecular weight is 791 g/mol. The predicted molar refractivity (Wildman–Crippen MR) is 242 cm³/mol. The number of anilines is 2. The Balaban J connectivity index is 0.909. The van der Waals surface area contributed by atoms with Gasteiger partial charge in [0.25, 0.3) is 0 Å². The lowest BCUT2D eigenvalue weighted by Gasteiger charge is -2.61. The molecular formula is C52H90N2O3. The van der Waals surface area contributed by atoms with E-state index in [9.17, 15) is 4.79 Å². The number of ether oxygens (including phenoxy) is 2. The highest BCUT2D eigenvalue weighted by atomic mass is 16.5. The van der Waals surface area contributed by atoms with Gasteiger partial charge in [0.15, 0.2) is 0 Å². The van der Waals surface area contributed by atoms with Crippen LogP contribution in [0, 0.1) is 46.3 Å². The Hall–Kier alpha value is -1.75. The Labute approximate surface area is 351 Å². The Bertz CT molecular complexity index is 1280. The topological polar surface area (TPSA) is 87.6 Å². The molecule has 1 aromatic rings. The summed E-state index contributed by atoms with van der Waals surface area (Å²) < 4.78 is 12.3. The molecule has 4 N–H and O–H groups in total. The minimum atomic E-state index is 0.0421. The molecule has 0 saturated heterocycles. The van der Waals surface area contributed by atoms with Crippen LogP contribution in [0.5, 0.6) is 0 Å². The third-order valence-corrected chi connectivity index (χ3v) is 16.7. The van der Waals surface area contributed by atoms with E-state index >= 15 is 0 Å². The van der Waals surface area contributed by atoms with E-state index in [0.717, 1.165) is 79.7 Å². The zero-order valence-corrected chi connectivity index (χ0v) is 37.8. The van der Waals surface area contributed by atoms with E-state index in [4.69, 9.17) is 20.9 Å². The van der Waals surface area contributed by atoms with Crippen LogP contribution in [0.15, 0.2) is 18.2 Å². The maximum absolute atomic E-state index is 12.8. The van der Waals surface area contributed by atoms with E-state index in [1.807, 2.05) is 6.07 Å². The summed E-state index contributed by atoms with van der Waals surface area (Å²) in [6.45, 7) is 11.6. The van der Waals surface area contributed by atoms with Crippen molar-refractivity contribution in [2.45, 2.75) is 226 Å². The van der Waals surface area contributed by atoms with Gasteiger partial charge in [-0.15, -0.1) is 0 Å². The molecule has 4 saturated carbocycles. The summed E-state index contributed by atoms with van der Waals surface area (Å²) in [5.74, 6) is 4.86. The highest BCUT2D eigenvalue weighted by Gasteiger charge is 2.60. The van der Waals surface area contributed by atoms with Gasteiger partial charge in [-0.25, -0.2) is 0 Å². The quantitative estimate of drug-likeness (QED) is 0.0526. The largest absolute Gasteiger partial charge is 0.466 e. The lowest BCUT2D eigenvalue weighted by molar-refractivity contribution is -0.145. The van der Waals surface area contributed by atoms with Crippen molar-refractivity contribution in [3.05, 3.63) is 23.8 Å². The van der Waals surface area contributed by atoms with E-state index in [-0.39, 0.29) is 5.97 Å². The third-order valence-electron chi connectivity index (χ3n) is 16.7. The smallest absolute Gasteiger partial charge is 0.305 e. The first-order chi connectivity index (χ1) is 27.6. The first-order valence-corrected chi connectivity index (χ1v) is 25.1. The molecule has 4 aliphatic rings. The molecule has 4 fully saturated rings. The maximum atomic E-state index is 12.8. The first kappa shape index (κ1) is 46.3. The molecule has 0 aromatic heterocycles. The number of hydrogen-bond donors (Lipinski definition) is 2. The first-order valence-electron chi connectivity index (χ1n) is 25.1. The van der Waals surface area contributed by atoms with E-state index in [0.29, 0.717) is 35.9 Å². The zero-order chi connectivity index (χ0) is 40.5. The number of carbonyl (C=O) groups excluding carboxylic acids is 1. The third kappa shape index (κ3) is 13.6. The van der Waals surface area contributed by atoms with Gasteiger partial charge in [0.1, 0.15) is 0 Å². The van der Waals surface area contributed by atoms with Crippen molar-refractivity contribution in [1.82, 2.24) is 0 Å². The van der Waals surface area contributed by atoms with Gasteiger partial charge in [0.2, 0.25) is 0 Å². The number of esters is 1. The van der Waals surface area contributed by atoms with Crippen LogP contribution in [0.4, 0.5) is 11.4 Å². The predicted octanol–water partition coefficient (Wildman–Crippen LogP) is 14.4. The number of fused-ring (bicyclic) bond motifs is 5. The van der Waals surface area contributed by atoms with Crippen LogP contribution in [0.2, 0.25) is 0 Å². The van der Waals surface area contributed by atoms with E-state index in [2.05, 4.69) is 39.8 Å². The van der Waals surface area contributed by atoms with Gasteiger partial charge >= 0.3 is 5.97 Å². The Morgan fingerprint density at radius 1 is 0.684 bits per heavy atom. The van der Waals surface area contributed by atoms with Crippen LogP contribution in [0.25, 0.3) is 0 Å². The van der Waals surface area contributed by atoms with E-state index in [1.165, 1.54) is 160 Å². The molecule has 5 heteroatoms. The van der Waals surface area contributed by atoms with Gasteiger partial charge in [0, 0.05) is 24.4 Å². The number of aryl methyl sites for hydroxylation is 1. The van der Waals surface area contributed by atoms with Crippen molar-refractivity contribution in [3.63, 3.8) is 0 Å². The molecule has 4 aliphatic carbocycles. The van der Waals surface area contributed by atoms with Gasteiger partial charge in [-0.1, -0.05) is 124 Å². The van der Waals surface area contributed by atoms with Crippen molar-refractivity contribution < 1.29 is 14.3 Å². The van der Waals surface area contributed by atoms with Crippen LogP contribution >= 0.6 is 0 Å². The number of hydrogen-bond acceptors (Lipinski definition) is 5. The van der Waals surface area contributed by atoms with E-state index < -0.39 is 0 Å². The molecule has 0 amide bonds. The van der Waals surface area contributed by atoms with Crippen LogP contribution in [0.1, 0.15) is 219 Å². The van der Waals surface area contributed by atoms with Crippen molar-refractivity contribution >= 4 is 17.3 Å².